The number of hydrogen-bond acceptors (Lipinski definition) is 4. The lowest BCUT2D eigenvalue weighted by Crippen LogP contribution is -2.31. The van der Waals surface area contributed by atoms with Gasteiger partial charge in [0.15, 0.2) is 19.7 Å². The molecule has 6 heteroatoms. The molecule has 0 saturated carbocycles. The third-order valence-corrected chi connectivity index (χ3v) is 4.07. The molecule has 0 amide bonds. The number of anilines is 1. The van der Waals surface area contributed by atoms with Crippen molar-refractivity contribution in [2.24, 2.45) is 0 Å². The quantitative estimate of drug-likeness (QED) is 0.782. The summed E-state index contributed by atoms with van der Waals surface area (Å²) in [6.45, 7) is 6.78. The van der Waals surface area contributed by atoms with Crippen LogP contribution in [0, 0.1) is 0 Å². The van der Waals surface area contributed by atoms with Crippen LogP contribution in [-0.2, 0) is 0 Å². The molecule has 5 nitrogen and oxygen atoms in total. The van der Waals surface area contributed by atoms with E-state index in [1.54, 1.807) is 6.33 Å². The van der Waals surface area contributed by atoms with Crippen LogP contribution < -0.4 is 5.32 Å². The first-order valence-electron chi connectivity index (χ1n) is 4.90. The zero-order chi connectivity index (χ0) is 11.1. The first kappa shape index (κ1) is 10.1. The monoisotopic (exact) mass is 221 g/mol. The summed E-state index contributed by atoms with van der Waals surface area (Å²) in [6, 6.07) is 0. The molecule has 2 heterocycles. The lowest BCUT2D eigenvalue weighted by Gasteiger charge is -2.17. The van der Waals surface area contributed by atoms with Crippen molar-refractivity contribution < 1.29 is 0 Å². The number of imidazole rings is 1. The molecule has 0 aliphatic heterocycles. The average molecular weight is 221 g/mol. The highest BCUT2D eigenvalue weighted by Gasteiger charge is 2.20. The minimum atomic E-state index is -1.45. The molecule has 0 aromatic carbocycles. The number of nitrogens with one attached hydrogen (secondary N) is 1. The van der Waals surface area contributed by atoms with Gasteiger partial charge >= 0.3 is 0 Å². The van der Waals surface area contributed by atoms with Crippen molar-refractivity contribution >= 4 is 25.2 Å². The molecule has 15 heavy (non-hydrogen) atoms. The fraction of sp³-hybridized carbons (Fsp3) is 0.444. The third kappa shape index (κ3) is 1.61. The Morgan fingerprint density at radius 2 is 1.93 bits per heavy atom. The predicted octanol–water partition coefficient (Wildman–Crippen LogP) is 1.55. The van der Waals surface area contributed by atoms with Crippen LogP contribution in [0.4, 0.5) is 5.82 Å². The Morgan fingerprint density at radius 3 is 2.53 bits per heavy atom. The van der Waals surface area contributed by atoms with Gasteiger partial charge in [-0.2, -0.15) is 0 Å². The van der Waals surface area contributed by atoms with Crippen LogP contribution in [0.1, 0.15) is 0 Å². The molecule has 0 fully saturated rings. The minimum Gasteiger partial charge on any atom is -0.371 e. The molecule has 2 aromatic heterocycles. The molecule has 0 saturated heterocycles. The molecule has 0 unspecified atom stereocenters. The van der Waals surface area contributed by atoms with Crippen LogP contribution in [0.3, 0.4) is 0 Å². The molecule has 0 aliphatic rings. The number of hydrogen-bond donors (Lipinski definition) is 1. The van der Waals surface area contributed by atoms with Crippen molar-refractivity contribution in [3.63, 3.8) is 0 Å². The van der Waals surface area contributed by atoms with Crippen molar-refractivity contribution in [2.75, 3.05) is 12.4 Å². The summed E-state index contributed by atoms with van der Waals surface area (Å²) < 4.78 is 2.19. The zero-order valence-corrected chi connectivity index (χ0v) is 10.4. The van der Waals surface area contributed by atoms with Crippen molar-refractivity contribution in [1.29, 1.82) is 0 Å². The molecule has 80 valence electrons. The summed E-state index contributed by atoms with van der Waals surface area (Å²) in [5, 5.41) is 3.02. The van der Waals surface area contributed by atoms with Crippen molar-refractivity contribution in [1.82, 2.24) is 19.2 Å². The molecule has 0 aliphatic carbocycles. The van der Waals surface area contributed by atoms with E-state index in [-0.39, 0.29) is 0 Å². The topological polar surface area (TPSA) is 55.6 Å². The van der Waals surface area contributed by atoms with Gasteiger partial charge in [0.05, 0.1) is 6.33 Å². The van der Waals surface area contributed by atoms with Gasteiger partial charge in [-0.1, -0.05) is 19.6 Å². The summed E-state index contributed by atoms with van der Waals surface area (Å²) in [7, 11) is 0.397. The van der Waals surface area contributed by atoms with Crippen molar-refractivity contribution in [3.8, 4) is 0 Å². The first-order valence-corrected chi connectivity index (χ1v) is 8.35. The highest BCUT2D eigenvalue weighted by molar-refractivity contribution is 6.75. The van der Waals surface area contributed by atoms with Crippen molar-refractivity contribution in [3.05, 3.63) is 12.7 Å². The van der Waals surface area contributed by atoms with E-state index in [9.17, 15) is 0 Å². The van der Waals surface area contributed by atoms with E-state index >= 15 is 0 Å². The molecular weight excluding hydrogens is 206 g/mol. The number of fused-ring (bicyclic) bond motifs is 1. The molecule has 0 radical (unpaired) electrons. The van der Waals surface area contributed by atoms with Gasteiger partial charge in [-0.3, -0.25) is 0 Å². The lowest BCUT2D eigenvalue weighted by molar-refractivity contribution is 1.11. The van der Waals surface area contributed by atoms with Gasteiger partial charge in [0, 0.05) is 7.05 Å². The highest BCUT2D eigenvalue weighted by atomic mass is 28.3. The summed E-state index contributed by atoms with van der Waals surface area (Å²) in [5.74, 6) is 0.789. The second-order valence-corrected chi connectivity index (χ2v) is 9.25. The van der Waals surface area contributed by atoms with E-state index in [2.05, 4.69) is 44.1 Å². The first-order chi connectivity index (χ1) is 7.04. The predicted molar refractivity (Wildman–Crippen MR) is 63.6 cm³/mol. The van der Waals surface area contributed by atoms with E-state index in [0.29, 0.717) is 0 Å². The van der Waals surface area contributed by atoms with Gasteiger partial charge in [0.1, 0.15) is 11.8 Å². The third-order valence-electron chi connectivity index (χ3n) is 2.29. The largest absolute Gasteiger partial charge is 0.371 e. The normalized spacial score (nSPS) is 12.0. The summed E-state index contributed by atoms with van der Waals surface area (Å²) in [5.41, 5.74) is 1.77. The highest BCUT2D eigenvalue weighted by Crippen LogP contribution is 2.19. The minimum absolute atomic E-state index is 0.789. The smallest absolute Gasteiger partial charge is 0.157 e. The Hall–Kier alpha value is -1.43. The lowest BCUT2D eigenvalue weighted by atomic mass is 10.5. The molecular formula is C9H15N5Si. The fourth-order valence-electron chi connectivity index (χ4n) is 1.51. The van der Waals surface area contributed by atoms with Gasteiger partial charge in [-0.15, -0.1) is 0 Å². The Morgan fingerprint density at radius 1 is 1.20 bits per heavy atom. The maximum absolute atomic E-state index is 4.37. The molecule has 0 spiro atoms. The fourth-order valence-corrected chi connectivity index (χ4v) is 2.71. The standard InChI is InChI=1S/C9H15N5Si/c1-10-8-7-9(12-5-11-8)14(6-13-7)15(2,3)4/h5-6H,1-4H3,(H,10,11,12). The van der Waals surface area contributed by atoms with Gasteiger partial charge in [-0.05, 0) is 0 Å². The van der Waals surface area contributed by atoms with E-state index in [0.717, 1.165) is 17.0 Å². The zero-order valence-electron chi connectivity index (χ0n) is 9.44. The molecule has 1 N–H and O–H groups in total. The average Bonchev–Trinajstić information content (AvgIpc) is 2.59. The second-order valence-electron chi connectivity index (χ2n) is 4.43. The van der Waals surface area contributed by atoms with E-state index < -0.39 is 8.24 Å². The molecule has 2 aromatic rings. The van der Waals surface area contributed by atoms with Gasteiger partial charge in [-0.25, -0.2) is 15.0 Å². The Balaban J connectivity index is 2.72. The van der Waals surface area contributed by atoms with Gasteiger partial charge < -0.3 is 9.55 Å². The summed E-state index contributed by atoms with van der Waals surface area (Å²) >= 11 is 0. The van der Waals surface area contributed by atoms with Crippen LogP contribution in [0.5, 0.6) is 0 Å². The van der Waals surface area contributed by atoms with Crippen LogP contribution in [-0.4, -0.2) is 34.5 Å². The summed E-state index contributed by atoms with van der Waals surface area (Å²) in [4.78, 5) is 12.8. The van der Waals surface area contributed by atoms with E-state index in [1.807, 2.05) is 13.4 Å². The molecule has 0 bridgehead atoms. The second kappa shape index (κ2) is 3.30. The van der Waals surface area contributed by atoms with Crippen LogP contribution in [0.2, 0.25) is 19.6 Å². The van der Waals surface area contributed by atoms with Gasteiger partial charge in [0.2, 0.25) is 0 Å². The molecule has 2 rings (SSSR count). The van der Waals surface area contributed by atoms with Crippen molar-refractivity contribution in [2.45, 2.75) is 19.6 Å². The molecule has 0 atom stereocenters. The number of nitrogens with zero attached hydrogens (tertiary/aromatic N) is 4. The van der Waals surface area contributed by atoms with Crippen LogP contribution in [0.25, 0.3) is 11.2 Å². The van der Waals surface area contributed by atoms with Gasteiger partial charge in [0.25, 0.3) is 0 Å². The Kier molecular flexibility index (Phi) is 2.22. The Bertz CT molecular complexity index is 485. The number of rotatable bonds is 2. The SMILES string of the molecule is CNc1ncnc2c1ncn2[Si](C)(C)C. The number of aromatic nitrogens is 4. The summed E-state index contributed by atoms with van der Waals surface area (Å²) in [6.07, 6.45) is 3.44. The van der Waals surface area contributed by atoms with Crippen LogP contribution in [0.15, 0.2) is 12.7 Å². The van der Waals surface area contributed by atoms with E-state index in [4.69, 9.17) is 0 Å². The van der Waals surface area contributed by atoms with E-state index in [1.165, 1.54) is 0 Å². The van der Waals surface area contributed by atoms with Crippen LogP contribution >= 0.6 is 0 Å². The Labute approximate surface area is 89.7 Å². The maximum Gasteiger partial charge on any atom is 0.157 e. The maximum atomic E-state index is 4.37.